The summed E-state index contributed by atoms with van der Waals surface area (Å²) >= 11 is 0. The normalized spacial score (nSPS) is 13.9. The van der Waals surface area contributed by atoms with E-state index in [-0.39, 0.29) is 0 Å². The minimum atomic E-state index is 0.858. The smallest absolute Gasteiger partial charge is 0.0383 e. The van der Waals surface area contributed by atoms with Gasteiger partial charge in [0.2, 0.25) is 0 Å². The van der Waals surface area contributed by atoms with Crippen LogP contribution in [0, 0.1) is 19.3 Å². The standard InChI is InChI=1S/C8H16/c1-4-6-7-8(3)5-2/h6,8H,1,4-5,7H2,2-3H3. The quantitative estimate of drug-likeness (QED) is 0.524. The van der Waals surface area contributed by atoms with Crippen molar-refractivity contribution >= 4 is 0 Å². The van der Waals surface area contributed by atoms with Crippen LogP contribution in [0.2, 0.25) is 0 Å². The summed E-state index contributed by atoms with van der Waals surface area (Å²) in [6.45, 7) is 8.23. The van der Waals surface area contributed by atoms with Gasteiger partial charge in [-0.15, -0.1) is 0 Å². The largest absolute Gasteiger partial charge is 0.0651 e. The molecular formula is C8H16. The first kappa shape index (κ1) is 8.00. The van der Waals surface area contributed by atoms with Gasteiger partial charge in [0.15, 0.2) is 0 Å². The maximum absolute atomic E-state index is 3.74. The Bertz CT molecular complexity index is 39.3. The SMILES string of the molecule is [CH2]C[CH]CC(C)CC. The monoisotopic (exact) mass is 112 g/mol. The molecule has 2 radical (unpaired) electrons. The first-order chi connectivity index (χ1) is 3.81. The third-order valence-electron chi connectivity index (χ3n) is 1.47. The van der Waals surface area contributed by atoms with E-state index in [0.717, 1.165) is 12.3 Å². The Morgan fingerprint density at radius 3 is 2.62 bits per heavy atom. The Hall–Kier alpha value is 0. The van der Waals surface area contributed by atoms with Gasteiger partial charge in [-0.1, -0.05) is 33.6 Å². The van der Waals surface area contributed by atoms with Crippen LogP contribution in [0.3, 0.4) is 0 Å². The molecule has 0 aliphatic heterocycles. The Labute approximate surface area is 53.3 Å². The fraction of sp³-hybridized carbons (Fsp3) is 0.750. The average Bonchev–Trinajstić information content (AvgIpc) is 1.83. The molecule has 0 amide bonds. The van der Waals surface area contributed by atoms with Crippen LogP contribution in [-0.2, 0) is 0 Å². The van der Waals surface area contributed by atoms with E-state index in [1.807, 2.05) is 0 Å². The zero-order chi connectivity index (χ0) is 6.41. The molecule has 0 heteroatoms. The van der Waals surface area contributed by atoms with Crippen molar-refractivity contribution in [2.75, 3.05) is 0 Å². The van der Waals surface area contributed by atoms with E-state index in [1.54, 1.807) is 0 Å². The van der Waals surface area contributed by atoms with Gasteiger partial charge in [-0.05, 0) is 18.8 Å². The summed E-state index contributed by atoms with van der Waals surface area (Å²) < 4.78 is 0. The van der Waals surface area contributed by atoms with E-state index in [2.05, 4.69) is 27.2 Å². The highest BCUT2D eigenvalue weighted by atomic mass is 14.0. The molecule has 0 nitrogen and oxygen atoms in total. The third-order valence-corrected chi connectivity index (χ3v) is 1.47. The topological polar surface area (TPSA) is 0 Å². The van der Waals surface area contributed by atoms with Gasteiger partial charge >= 0.3 is 0 Å². The first-order valence-corrected chi connectivity index (χ1v) is 3.42. The summed E-state index contributed by atoms with van der Waals surface area (Å²) in [6, 6.07) is 0. The van der Waals surface area contributed by atoms with Gasteiger partial charge in [0.1, 0.15) is 0 Å². The molecule has 0 aliphatic rings. The molecule has 0 aromatic carbocycles. The van der Waals surface area contributed by atoms with Crippen LogP contribution in [0.5, 0.6) is 0 Å². The van der Waals surface area contributed by atoms with E-state index in [0.29, 0.717) is 0 Å². The van der Waals surface area contributed by atoms with Crippen molar-refractivity contribution in [3.05, 3.63) is 13.3 Å². The predicted molar refractivity (Wildman–Crippen MR) is 38.3 cm³/mol. The van der Waals surface area contributed by atoms with Crippen LogP contribution in [0.4, 0.5) is 0 Å². The van der Waals surface area contributed by atoms with Crippen molar-refractivity contribution in [3.63, 3.8) is 0 Å². The van der Waals surface area contributed by atoms with Gasteiger partial charge in [-0.3, -0.25) is 0 Å². The van der Waals surface area contributed by atoms with E-state index in [9.17, 15) is 0 Å². The number of rotatable bonds is 4. The van der Waals surface area contributed by atoms with Gasteiger partial charge in [0, 0.05) is 0 Å². The second kappa shape index (κ2) is 5.14. The maximum Gasteiger partial charge on any atom is -0.0383 e. The third kappa shape index (κ3) is 4.17. The van der Waals surface area contributed by atoms with Gasteiger partial charge in [-0.2, -0.15) is 0 Å². The Balaban J connectivity index is 2.86. The molecule has 1 atom stereocenters. The molecule has 0 saturated heterocycles. The van der Waals surface area contributed by atoms with E-state index in [4.69, 9.17) is 0 Å². The highest BCUT2D eigenvalue weighted by molar-refractivity contribution is 4.68. The van der Waals surface area contributed by atoms with Crippen LogP contribution >= 0.6 is 0 Å². The molecule has 0 rings (SSSR count). The van der Waals surface area contributed by atoms with Crippen molar-refractivity contribution < 1.29 is 0 Å². The molecule has 8 heavy (non-hydrogen) atoms. The Morgan fingerprint density at radius 1 is 1.62 bits per heavy atom. The zero-order valence-electron chi connectivity index (χ0n) is 5.98. The number of hydrogen-bond acceptors (Lipinski definition) is 0. The molecule has 1 unspecified atom stereocenters. The summed E-state index contributed by atoms with van der Waals surface area (Å²) in [5.41, 5.74) is 0. The second-order valence-corrected chi connectivity index (χ2v) is 2.33. The lowest BCUT2D eigenvalue weighted by molar-refractivity contribution is 0.549. The van der Waals surface area contributed by atoms with E-state index < -0.39 is 0 Å². The van der Waals surface area contributed by atoms with Gasteiger partial charge in [0.25, 0.3) is 0 Å². The summed E-state index contributed by atoms with van der Waals surface area (Å²) in [6.07, 6.45) is 5.75. The average molecular weight is 112 g/mol. The van der Waals surface area contributed by atoms with E-state index >= 15 is 0 Å². The molecule has 48 valence electrons. The summed E-state index contributed by atoms with van der Waals surface area (Å²) in [7, 11) is 0. The lowest BCUT2D eigenvalue weighted by Gasteiger charge is -2.04. The summed E-state index contributed by atoms with van der Waals surface area (Å²) in [5, 5.41) is 0. The molecule has 0 N–H and O–H groups in total. The molecule has 0 bridgehead atoms. The van der Waals surface area contributed by atoms with Crippen molar-refractivity contribution in [1.82, 2.24) is 0 Å². The highest BCUT2D eigenvalue weighted by Gasteiger charge is 1.94. The summed E-state index contributed by atoms with van der Waals surface area (Å²) in [5.74, 6) is 0.858. The molecule has 0 heterocycles. The van der Waals surface area contributed by atoms with Crippen LogP contribution in [0.15, 0.2) is 0 Å². The Kier molecular flexibility index (Phi) is 5.14. The lowest BCUT2D eigenvalue weighted by atomic mass is 10.0. The second-order valence-electron chi connectivity index (χ2n) is 2.33. The first-order valence-electron chi connectivity index (χ1n) is 3.42. The highest BCUT2D eigenvalue weighted by Crippen LogP contribution is 2.08. The maximum atomic E-state index is 3.74. The zero-order valence-corrected chi connectivity index (χ0v) is 5.98. The van der Waals surface area contributed by atoms with Crippen LogP contribution < -0.4 is 0 Å². The molecule has 0 saturated carbocycles. The van der Waals surface area contributed by atoms with E-state index in [1.165, 1.54) is 12.8 Å². The Morgan fingerprint density at radius 2 is 2.25 bits per heavy atom. The molecule has 0 aromatic rings. The van der Waals surface area contributed by atoms with Crippen molar-refractivity contribution in [3.8, 4) is 0 Å². The number of unbranched alkanes of at least 4 members (excludes halogenated alkanes) is 1. The molecule has 0 fully saturated rings. The fourth-order valence-corrected chi connectivity index (χ4v) is 0.569. The van der Waals surface area contributed by atoms with Crippen molar-refractivity contribution in [2.45, 2.75) is 33.1 Å². The minimum Gasteiger partial charge on any atom is -0.0651 e. The molecular weight excluding hydrogens is 96.1 g/mol. The molecule has 0 spiro atoms. The fourth-order valence-electron chi connectivity index (χ4n) is 0.569. The number of hydrogen-bond donors (Lipinski definition) is 0. The van der Waals surface area contributed by atoms with Crippen LogP contribution in [-0.4, -0.2) is 0 Å². The molecule has 0 aliphatic carbocycles. The van der Waals surface area contributed by atoms with Crippen molar-refractivity contribution in [2.24, 2.45) is 5.92 Å². The summed E-state index contributed by atoms with van der Waals surface area (Å²) in [4.78, 5) is 0. The molecule has 0 aromatic heterocycles. The van der Waals surface area contributed by atoms with Crippen LogP contribution in [0.1, 0.15) is 33.1 Å². The van der Waals surface area contributed by atoms with Crippen LogP contribution in [0.25, 0.3) is 0 Å². The predicted octanol–water partition coefficient (Wildman–Crippen LogP) is 2.85. The van der Waals surface area contributed by atoms with Gasteiger partial charge < -0.3 is 0 Å². The minimum absolute atomic E-state index is 0.858. The lowest BCUT2D eigenvalue weighted by Crippen LogP contribution is -1.90. The van der Waals surface area contributed by atoms with Gasteiger partial charge in [-0.25, -0.2) is 0 Å². The van der Waals surface area contributed by atoms with Crippen molar-refractivity contribution in [1.29, 1.82) is 0 Å². The van der Waals surface area contributed by atoms with Gasteiger partial charge in [0.05, 0.1) is 0 Å².